The van der Waals surface area contributed by atoms with Gasteiger partial charge in [-0.2, -0.15) is 0 Å². The van der Waals surface area contributed by atoms with Gasteiger partial charge in [0.15, 0.2) is 5.78 Å². The molecule has 106 valence electrons. The lowest BCUT2D eigenvalue weighted by atomic mass is 10.1. The van der Waals surface area contributed by atoms with Crippen molar-refractivity contribution in [2.45, 2.75) is 52.1 Å². The predicted molar refractivity (Wildman–Crippen MR) is 80.0 cm³/mol. The van der Waals surface area contributed by atoms with E-state index in [1.165, 1.54) is 25.7 Å². The quantitative estimate of drug-likeness (QED) is 0.476. The normalized spacial score (nSPS) is 12.4. The van der Waals surface area contributed by atoms with Crippen molar-refractivity contribution in [3.05, 3.63) is 34.9 Å². The van der Waals surface area contributed by atoms with Crippen LogP contribution in [0.15, 0.2) is 24.3 Å². The number of ether oxygens (including phenoxy) is 1. The number of rotatable bonds is 9. The molecule has 0 bridgehead atoms. The van der Waals surface area contributed by atoms with Gasteiger partial charge in [-0.3, -0.25) is 4.79 Å². The van der Waals surface area contributed by atoms with Gasteiger partial charge in [-0.05, 0) is 37.6 Å². The molecule has 0 spiro atoms. The summed E-state index contributed by atoms with van der Waals surface area (Å²) in [5, 5.41) is 0.640. The minimum atomic E-state index is -0.382. The molecule has 1 unspecified atom stereocenters. The van der Waals surface area contributed by atoms with Crippen LogP contribution in [0.5, 0.6) is 0 Å². The third-order valence-electron chi connectivity index (χ3n) is 3.11. The van der Waals surface area contributed by atoms with E-state index in [-0.39, 0.29) is 11.9 Å². The van der Waals surface area contributed by atoms with Gasteiger partial charge in [0, 0.05) is 17.2 Å². The number of hydrogen-bond acceptors (Lipinski definition) is 2. The average Bonchev–Trinajstić information content (AvgIpc) is 2.42. The number of Topliss-reactive ketones (excluding diaryl/α,β-unsaturated/α-hetero) is 1. The third-order valence-corrected chi connectivity index (χ3v) is 3.37. The van der Waals surface area contributed by atoms with Crippen molar-refractivity contribution in [2.75, 3.05) is 6.61 Å². The Morgan fingerprint density at radius 3 is 2.42 bits per heavy atom. The molecule has 0 fully saturated rings. The second-order valence-corrected chi connectivity index (χ2v) is 5.23. The van der Waals surface area contributed by atoms with Gasteiger partial charge in [0.25, 0.3) is 0 Å². The molecule has 2 nitrogen and oxygen atoms in total. The van der Waals surface area contributed by atoms with E-state index in [0.717, 1.165) is 6.42 Å². The Bertz CT molecular complexity index is 373. The number of halogens is 1. The summed E-state index contributed by atoms with van der Waals surface area (Å²) >= 11 is 5.80. The lowest BCUT2D eigenvalue weighted by Gasteiger charge is -2.12. The monoisotopic (exact) mass is 282 g/mol. The van der Waals surface area contributed by atoms with E-state index in [4.69, 9.17) is 16.3 Å². The van der Waals surface area contributed by atoms with Gasteiger partial charge >= 0.3 is 0 Å². The Hall–Kier alpha value is -0.860. The van der Waals surface area contributed by atoms with Crippen LogP contribution in [0.3, 0.4) is 0 Å². The first-order valence-electron chi connectivity index (χ1n) is 7.06. The molecule has 0 aliphatic rings. The van der Waals surface area contributed by atoms with Gasteiger partial charge < -0.3 is 4.74 Å². The zero-order valence-electron chi connectivity index (χ0n) is 11.8. The van der Waals surface area contributed by atoms with Crippen molar-refractivity contribution >= 4 is 17.4 Å². The average molecular weight is 283 g/mol. The van der Waals surface area contributed by atoms with E-state index >= 15 is 0 Å². The van der Waals surface area contributed by atoms with Crippen LogP contribution in [-0.4, -0.2) is 18.5 Å². The highest BCUT2D eigenvalue weighted by Crippen LogP contribution is 2.12. The SMILES string of the molecule is CCCCCCCOC(C)C(=O)c1ccc(Cl)cc1. The molecule has 0 N–H and O–H groups in total. The van der Waals surface area contributed by atoms with Crippen molar-refractivity contribution in [3.63, 3.8) is 0 Å². The Kier molecular flexibility index (Phi) is 7.76. The molecule has 0 aliphatic carbocycles. The molecule has 0 saturated heterocycles. The van der Waals surface area contributed by atoms with Crippen LogP contribution in [0.4, 0.5) is 0 Å². The molecule has 3 heteroatoms. The lowest BCUT2D eigenvalue weighted by Crippen LogP contribution is -2.21. The van der Waals surface area contributed by atoms with Crippen LogP contribution in [-0.2, 0) is 4.74 Å². The fraction of sp³-hybridized carbons (Fsp3) is 0.562. The highest BCUT2D eigenvalue weighted by Gasteiger charge is 2.15. The predicted octanol–water partition coefficient (Wildman–Crippen LogP) is 4.90. The maximum atomic E-state index is 12.1. The molecule has 0 aliphatic heterocycles. The van der Waals surface area contributed by atoms with Crippen LogP contribution in [0, 0.1) is 0 Å². The van der Waals surface area contributed by atoms with Gasteiger partial charge in [-0.1, -0.05) is 44.2 Å². The van der Waals surface area contributed by atoms with Crippen LogP contribution in [0.1, 0.15) is 56.3 Å². The zero-order valence-corrected chi connectivity index (χ0v) is 12.6. The topological polar surface area (TPSA) is 26.3 Å². The van der Waals surface area contributed by atoms with Crippen LogP contribution in [0.2, 0.25) is 5.02 Å². The van der Waals surface area contributed by atoms with E-state index in [2.05, 4.69) is 6.92 Å². The maximum absolute atomic E-state index is 12.1. The molecule has 0 saturated carbocycles. The summed E-state index contributed by atoms with van der Waals surface area (Å²) in [6.07, 6.45) is 5.59. The molecule has 1 atom stereocenters. The van der Waals surface area contributed by atoms with Crippen molar-refractivity contribution in [1.29, 1.82) is 0 Å². The third kappa shape index (κ3) is 6.22. The molecule has 0 aromatic heterocycles. The molecular weight excluding hydrogens is 260 g/mol. The number of carbonyl (C=O) groups is 1. The van der Waals surface area contributed by atoms with Crippen molar-refractivity contribution in [3.8, 4) is 0 Å². The van der Waals surface area contributed by atoms with Crippen molar-refractivity contribution in [2.24, 2.45) is 0 Å². The molecule has 19 heavy (non-hydrogen) atoms. The number of benzene rings is 1. The van der Waals surface area contributed by atoms with Crippen LogP contribution in [0.25, 0.3) is 0 Å². The molecule has 0 amide bonds. The molecule has 1 rings (SSSR count). The Balaban J connectivity index is 2.27. The largest absolute Gasteiger partial charge is 0.370 e. The van der Waals surface area contributed by atoms with Gasteiger partial charge in [-0.25, -0.2) is 0 Å². The maximum Gasteiger partial charge on any atom is 0.191 e. The summed E-state index contributed by atoms with van der Waals surface area (Å²) in [7, 11) is 0. The summed E-state index contributed by atoms with van der Waals surface area (Å²) in [6.45, 7) is 4.66. The molecule has 1 aromatic carbocycles. The minimum Gasteiger partial charge on any atom is -0.370 e. The highest BCUT2D eigenvalue weighted by atomic mass is 35.5. The summed E-state index contributed by atoms with van der Waals surface area (Å²) < 4.78 is 5.59. The first kappa shape index (κ1) is 16.2. The van der Waals surface area contributed by atoms with Crippen molar-refractivity contribution < 1.29 is 9.53 Å². The highest BCUT2D eigenvalue weighted by molar-refractivity contribution is 6.30. The van der Waals surface area contributed by atoms with Gasteiger partial charge in [0.1, 0.15) is 6.10 Å². The Morgan fingerprint density at radius 1 is 1.16 bits per heavy atom. The molecule has 0 radical (unpaired) electrons. The number of carbonyl (C=O) groups excluding carboxylic acids is 1. The zero-order chi connectivity index (χ0) is 14.1. The number of unbranched alkanes of at least 4 members (excludes halogenated alkanes) is 4. The standard InChI is InChI=1S/C16H23ClO2/c1-3-4-5-6-7-12-19-13(2)16(18)14-8-10-15(17)11-9-14/h8-11,13H,3-7,12H2,1-2H3. The van der Waals surface area contributed by atoms with E-state index in [1.807, 2.05) is 6.92 Å². The second-order valence-electron chi connectivity index (χ2n) is 4.80. The number of hydrogen-bond donors (Lipinski definition) is 0. The van der Waals surface area contributed by atoms with Crippen molar-refractivity contribution in [1.82, 2.24) is 0 Å². The van der Waals surface area contributed by atoms with E-state index in [0.29, 0.717) is 17.2 Å². The Labute approximate surface area is 121 Å². The van der Waals surface area contributed by atoms with E-state index in [1.54, 1.807) is 24.3 Å². The Morgan fingerprint density at radius 2 is 1.79 bits per heavy atom. The second kappa shape index (κ2) is 9.11. The first-order valence-corrected chi connectivity index (χ1v) is 7.44. The molecular formula is C16H23ClO2. The van der Waals surface area contributed by atoms with E-state index < -0.39 is 0 Å². The van der Waals surface area contributed by atoms with Gasteiger partial charge in [0.05, 0.1) is 0 Å². The molecule has 1 aromatic rings. The number of ketones is 1. The lowest BCUT2D eigenvalue weighted by molar-refractivity contribution is 0.0464. The fourth-order valence-corrected chi connectivity index (χ4v) is 2.02. The first-order chi connectivity index (χ1) is 9.15. The summed E-state index contributed by atoms with van der Waals surface area (Å²) in [4.78, 5) is 12.1. The van der Waals surface area contributed by atoms with Gasteiger partial charge in [-0.15, -0.1) is 0 Å². The summed E-state index contributed by atoms with van der Waals surface area (Å²) in [5.74, 6) is 0.0187. The minimum absolute atomic E-state index is 0.0187. The van der Waals surface area contributed by atoms with Crippen LogP contribution < -0.4 is 0 Å². The van der Waals surface area contributed by atoms with Gasteiger partial charge in [0.2, 0.25) is 0 Å². The fourth-order valence-electron chi connectivity index (χ4n) is 1.89. The summed E-state index contributed by atoms with van der Waals surface area (Å²) in [6, 6.07) is 6.94. The molecule has 0 heterocycles. The summed E-state index contributed by atoms with van der Waals surface area (Å²) in [5.41, 5.74) is 0.655. The van der Waals surface area contributed by atoms with E-state index in [9.17, 15) is 4.79 Å². The van der Waals surface area contributed by atoms with Crippen LogP contribution >= 0.6 is 11.6 Å². The smallest absolute Gasteiger partial charge is 0.191 e.